The number of hydrogen-bond acceptors (Lipinski definition) is 4. The van der Waals surface area contributed by atoms with Gasteiger partial charge < -0.3 is 15.4 Å². The van der Waals surface area contributed by atoms with Crippen LogP contribution in [-0.2, 0) is 28.9 Å². The van der Waals surface area contributed by atoms with Crippen molar-refractivity contribution in [2.24, 2.45) is 0 Å². The van der Waals surface area contributed by atoms with Crippen LogP contribution in [0.1, 0.15) is 35.3 Å². The van der Waals surface area contributed by atoms with Crippen LogP contribution in [0.4, 0.5) is 0 Å². The van der Waals surface area contributed by atoms with Gasteiger partial charge in [0.15, 0.2) is 0 Å². The normalized spacial score (nSPS) is 22.3. The Bertz CT molecular complexity index is 466. The van der Waals surface area contributed by atoms with E-state index in [4.69, 9.17) is 4.74 Å². The summed E-state index contributed by atoms with van der Waals surface area (Å²) in [4.78, 5) is 13.5. The molecule has 110 valence electrons. The molecule has 5 heteroatoms. The van der Waals surface area contributed by atoms with Gasteiger partial charge in [-0.05, 0) is 42.2 Å². The number of hydrogen-bond donors (Lipinski definition) is 2. The molecular weight excluding hydrogens is 272 g/mol. The van der Waals surface area contributed by atoms with Gasteiger partial charge in [0.25, 0.3) is 0 Å². The maximum atomic E-state index is 12.0. The number of morpholine rings is 1. The molecule has 1 atom stereocenters. The monoisotopic (exact) mass is 294 g/mol. The number of rotatable bonds is 4. The van der Waals surface area contributed by atoms with E-state index in [1.165, 1.54) is 41.7 Å². The molecule has 0 spiro atoms. The third-order valence-electron chi connectivity index (χ3n) is 4.05. The number of amides is 1. The number of ether oxygens (including phenoxy) is 1. The molecule has 1 aromatic heterocycles. The van der Waals surface area contributed by atoms with Crippen LogP contribution in [0, 0.1) is 0 Å². The van der Waals surface area contributed by atoms with Crippen molar-refractivity contribution in [3.63, 3.8) is 0 Å². The number of aryl methyl sites for hydroxylation is 1. The van der Waals surface area contributed by atoms with E-state index in [0.717, 1.165) is 13.2 Å². The van der Waals surface area contributed by atoms with E-state index < -0.39 is 0 Å². The summed E-state index contributed by atoms with van der Waals surface area (Å²) in [5, 5.41) is 8.58. The highest BCUT2D eigenvalue weighted by Gasteiger charge is 2.18. The summed E-state index contributed by atoms with van der Waals surface area (Å²) >= 11 is 1.86. The van der Waals surface area contributed by atoms with Crippen LogP contribution in [-0.4, -0.2) is 31.7 Å². The fourth-order valence-corrected chi connectivity index (χ4v) is 4.10. The van der Waals surface area contributed by atoms with Gasteiger partial charge in [0.2, 0.25) is 5.91 Å². The SMILES string of the molecule is O=C(C[C@H]1COCCN1)NCc1csc2c1CCCC2. The molecule has 0 bridgehead atoms. The van der Waals surface area contributed by atoms with Crippen molar-refractivity contribution in [3.8, 4) is 0 Å². The molecule has 2 aliphatic rings. The van der Waals surface area contributed by atoms with Crippen molar-refractivity contribution in [1.82, 2.24) is 10.6 Å². The second-order valence-electron chi connectivity index (χ2n) is 5.58. The number of nitrogens with one attached hydrogen (secondary N) is 2. The average molecular weight is 294 g/mol. The maximum Gasteiger partial charge on any atom is 0.221 e. The molecule has 0 saturated carbocycles. The van der Waals surface area contributed by atoms with Crippen molar-refractivity contribution in [1.29, 1.82) is 0 Å². The number of carbonyl (C=O) groups is 1. The van der Waals surface area contributed by atoms with Crippen molar-refractivity contribution >= 4 is 17.2 Å². The smallest absolute Gasteiger partial charge is 0.221 e. The highest BCUT2D eigenvalue weighted by molar-refractivity contribution is 7.10. The second kappa shape index (κ2) is 6.70. The largest absolute Gasteiger partial charge is 0.378 e. The lowest BCUT2D eigenvalue weighted by Crippen LogP contribution is -2.44. The van der Waals surface area contributed by atoms with Crippen molar-refractivity contribution in [2.75, 3.05) is 19.8 Å². The quantitative estimate of drug-likeness (QED) is 0.887. The summed E-state index contributed by atoms with van der Waals surface area (Å²) in [5.41, 5.74) is 2.83. The van der Waals surface area contributed by atoms with Crippen molar-refractivity contribution in [2.45, 2.75) is 44.7 Å². The number of fused-ring (bicyclic) bond motifs is 1. The summed E-state index contributed by atoms with van der Waals surface area (Å²) in [6, 6.07) is 0.167. The van der Waals surface area contributed by atoms with Gasteiger partial charge in [-0.1, -0.05) is 0 Å². The molecule has 2 N–H and O–H groups in total. The molecule has 3 rings (SSSR count). The standard InChI is InChI=1S/C15H22N2O2S/c18-15(7-12-9-19-6-5-16-12)17-8-11-10-20-14-4-2-1-3-13(11)14/h10,12,16H,1-9H2,(H,17,18)/t12-/m0/s1. The molecular formula is C15H22N2O2S. The molecule has 1 fully saturated rings. The van der Waals surface area contributed by atoms with E-state index in [1.54, 1.807) is 0 Å². The van der Waals surface area contributed by atoms with E-state index in [2.05, 4.69) is 16.0 Å². The van der Waals surface area contributed by atoms with E-state index in [9.17, 15) is 4.79 Å². The Morgan fingerprint density at radius 2 is 2.35 bits per heavy atom. The number of carbonyl (C=O) groups excluding carboxylic acids is 1. The summed E-state index contributed by atoms with van der Waals surface area (Å²) in [6.07, 6.45) is 5.51. The Balaban J connectivity index is 1.49. The Hall–Kier alpha value is -0.910. The minimum absolute atomic E-state index is 0.115. The van der Waals surface area contributed by atoms with Crippen LogP contribution >= 0.6 is 11.3 Å². The first-order valence-corrected chi connectivity index (χ1v) is 8.37. The lowest BCUT2D eigenvalue weighted by atomic mass is 9.96. The van der Waals surface area contributed by atoms with Crippen LogP contribution in [0.2, 0.25) is 0 Å². The highest BCUT2D eigenvalue weighted by atomic mass is 32.1. The van der Waals surface area contributed by atoms with Gasteiger partial charge in [0.1, 0.15) is 0 Å². The van der Waals surface area contributed by atoms with Gasteiger partial charge in [-0.2, -0.15) is 0 Å². The molecule has 0 unspecified atom stereocenters. The minimum atomic E-state index is 0.115. The van der Waals surface area contributed by atoms with E-state index in [1.807, 2.05) is 11.3 Å². The molecule has 1 aliphatic heterocycles. The van der Waals surface area contributed by atoms with Crippen molar-refractivity contribution < 1.29 is 9.53 Å². The Morgan fingerprint density at radius 1 is 1.45 bits per heavy atom. The predicted molar refractivity (Wildman–Crippen MR) is 80.0 cm³/mol. The van der Waals surface area contributed by atoms with Gasteiger partial charge in [0, 0.05) is 30.4 Å². The highest BCUT2D eigenvalue weighted by Crippen LogP contribution is 2.30. The molecule has 4 nitrogen and oxygen atoms in total. The van der Waals surface area contributed by atoms with Gasteiger partial charge in [-0.15, -0.1) is 11.3 Å². The summed E-state index contributed by atoms with van der Waals surface area (Å²) in [7, 11) is 0. The average Bonchev–Trinajstić information content (AvgIpc) is 2.89. The fraction of sp³-hybridized carbons (Fsp3) is 0.667. The minimum Gasteiger partial charge on any atom is -0.378 e. The van der Waals surface area contributed by atoms with Crippen LogP contribution in [0.5, 0.6) is 0 Å². The summed E-state index contributed by atoms with van der Waals surface area (Å²) < 4.78 is 5.37. The van der Waals surface area contributed by atoms with Crippen LogP contribution in [0.3, 0.4) is 0 Å². The third-order valence-corrected chi connectivity index (χ3v) is 5.19. The van der Waals surface area contributed by atoms with Crippen LogP contribution in [0.25, 0.3) is 0 Å². The molecule has 0 radical (unpaired) electrons. The lowest BCUT2D eigenvalue weighted by molar-refractivity contribution is -0.122. The molecule has 1 saturated heterocycles. The van der Waals surface area contributed by atoms with Crippen LogP contribution < -0.4 is 10.6 Å². The maximum absolute atomic E-state index is 12.0. The Kier molecular flexibility index (Phi) is 4.70. The van der Waals surface area contributed by atoms with E-state index in [0.29, 0.717) is 19.6 Å². The molecule has 0 aromatic carbocycles. The molecule has 20 heavy (non-hydrogen) atoms. The fourth-order valence-electron chi connectivity index (χ4n) is 2.95. The lowest BCUT2D eigenvalue weighted by Gasteiger charge is -2.23. The van der Waals surface area contributed by atoms with Crippen molar-refractivity contribution in [3.05, 3.63) is 21.4 Å². The van der Waals surface area contributed by atoms with E-state index >= 15 is 0 Å². The zero-order valence-corrected chi connectivity index (χ0v) is 12.6. The molecule has 1 aromatic rings. The third kappa shape index (κ3) is 3.40. The second-order valence-corrected chi connectivity index (χ2v) is 6.54. The Labute approximate surface area is 123 Å². The first-order valence-electron chi connectivity index (χ1n) is 7.49. The predicted octanol–water partition coefficient (Wildman–Crippen LogP) is 1.62. The zero-order valence-electron chi connectivity index (χ0n) is 11.7. The molecule has 2 heterocycles. The Morgan fingerprint density at radius 3 is 3.20 bits per heavy atom. The van der Waals surface area contributed by atoms with Gasteiger partial charge in [-0.25, -0.2) is 0 Å². The van der Waals surface area contributed by atoms with Gasteiger partial charge >= 0.3 is 0 Å². The van der Waals surface area contributed by atoms with Gasteiger partial charge in [0.05, 0.1) is 13.2 Å². The topological polar surface area (TPSA) is 50.4 Å². The first kappa shape index (κ1) is 14.0. The number of thiophene rings is 1. The van der Waals surface area contributed by atoms with E-state index in [-0.39, 0.29) is 11.9 Å². The first-order chi connectivity index (χ1) is 9.83. The molecule has 1 amide bonds. The summed E-state index contributed by atoms with van der Waals surface area (Å²) in [5.74, 6) is 0.115. The summed E-state index contributed by atoms with van der Waals surface area (Å²) in [6.45, 7) is 2.91. The van der Waals surface area contributed by atoms with Gasteiger partial charge in [-0.3, -0.25) is 4.79 Å². The zero-order chi connectivity index (χ0) is 13.8. The molecule has 1 aliphatic carbocycles. The van der Waals surface area contributed by atoms with Crippen LogP contribution in [0.15, 0.2) is 5.38 Å².